The van der Waals surface area contributed by atoms with E-state index in [2.05, 4.69) is 42.8 Å². The Labute approximate surface area is 275 Å². The van der Waals surface area contributed by atoms with Crippen LogP contribution in [0.2, 0.25) is 0 Å². The molecular weight excluding hydrogens is 601 g/mol. The number of anilines is 1. The van der Waals surface area contributed by atoms with Crippen LogP contribution in [0.4, 0.5) is 10.1 Å². The van der Waals surface area contributed by atoms with Crippen molar-refractivity contribution in [1.82, 2.24) is 29.3 Å². The van der Waals surface area contributed by atoms with Crippen molar-refractivity contribution in [2.75, 3.05) is 57.4 Å². The summed E-state index contributed by atoms with van der Waals surface area (Å²) in [7, 11) is 0. The highest BCUT2D eigenvalue weighted by Gasteiger charge is 2.43. The van der Waals surface area contributed by atoms with Gasteiger partial charge in [0.25, 0.3) is 0 Å². The fraction of sp³-hybridized carbons (Fsp3) is 0.629. The Morgan fingerprint density at radius 3 is 2.68 bits per heavy atom. The van der Waals surface area contributed by atoms with E-state index < -0.39 is 11.5 Å². The summed E-state index contributed by atoms with van der Waals surface area (Å²) >= 11 is 0. The largest absolute Gasteiger partial charge is 0.391 e. The Morgan fingerprint density at radius 1 is 1.19 bits per heavy atom. The molecule has 2 saturated heterocycles. The monoisotopic (exact) mass is 649 g/mol. The predicted octanol–water partition coefficient (Wildman–Crippen LogP) is 2.00. The van der Waals surface area contributed by atoms with Gasteiger partial charge in [-0.2, -0.15) is 0 Å². The molecule has 1 aromatic carbocycles. The lowest BCUT2D eigenvalue weighted by Gasteiger charge is -2.43. The average molecular weight is 650 g/mol. The molecule has 4 atom stereocenters. The standard InChI is InChI=1S/C35H48FN7O4/c1-22-16-40(28(15-37-22)17-39-11-12-47-20-23(39)2)19-31(45)41-21-35(3,4)32-29(41)14-26(13-24-5-9-27(36)10-6-24)33-38-42(34(46)43(32)33)18-30(44)25-7-8-25/h5-6,9-10,14,22-23,25,28,30,37,44H,7-8,11-13,15-21H2,1-4H3/t22-,23-,28-,30?/m1/s1. The second kappa shape index (κ2) is 12.7. The second-order valence-electron chi connectivity index (χ2n) is 14.9. The number of aromatic nitrogens is 3. The van der Waals surface area contributed by atoms with Crippen LogP contribution in [0.25, 0.3) is 5.65 Å². The SMILES string of the molecule is C[C@@H]1CN(CC(=O)N2CC(C)(C)c3c2cc(Cc2ccc(F)cc2)c2nn(CC(O)C4CC4)c(=O)n32)[C@@H](CN2CCOC[C@H]2C)CN1. The summed E-state index contributed by atoms with van der Waals surface area (Å²) < 4.78 is 22.5. The number of nitrogens with one attached hydrogen (secondary N) is 1. The van der Waals surface area contributed by atoms with Crippen LogP contribution in [0.3, 0.4) is 0 Å². The number of halogens is 1. The van der Waals surface area contributed by atoms with Gasteiger partial charge in [0.1, 0.15) is 5.82 Å². The third-order valence-corrected chi connectivity index (χ3v) is 10.5. The Bertz CT molecular complexity index is 1680. The highest BCUT2D eigenvalue weighted by molar-refractivity contribution is 5.98. The summed E-state index contributed by atoms with van der Waals surface area (Å²) in [5, 5.41) is 19.1. The van der Waals surface area contributed by atoms with E-state index in [0.717, 1.165) is 74.7 Å². The number of aliphatic hydroxyl groups excluding tert-OH is 1. The summed E-state index contributed by atoms with van der Waals surface area (Å²) in [4.78, 5) is 35.1. The van der Waals surface area contributed by atoms with E-state index in [1.54, 1.807) is 16.5 Å². The number of nitrogens with zero attached hydrogens (tertiary/aromatic N) is 6. The minimum atomic E-state index is -0.632. The second-order valence-corrected chi connectivity index (χ2v) is 14.9. The van der Waals surface area contributed by atoms with Crippen molar-refractivity contribution in [3.8, 4) is 0 Å². The number of morpholine rings is 1. The van der Waals surface area contributed by atoms with Crippen molar-refractivity contribution in [1.29, 1.82) is 0 Å². The van der Waals surface area contributed by atoms with Gasteiger partial charge in [-0.3, -0.25) is 14.6 Å². The number of piperazine rings is 1. The van der Waals surface area contributed by atoms with Crippen LogP contribution in [-0.2, 0) is 27.9 Å². The summed E-state index contributed by atoms with van der Waals surface area (Å²) in [5.41, 5.74) is 2.80. The average Bonchev–Trinajstić information content (AvgIpc) is 3.79. The highest BCUT2D eigenvalue weighted by Crippen LogP contribution is 2.42. The Balaban J connectivity index is 1.24. The van der Waals surface area contributed by atoms with E-state index in [9.17, 15) is 19.1 Å². The number of rotatable bonds is 9. The molecule has 5 heterocycles. The smallest absolute Gasteiger partial charge is 0.350 e. The molecule has 2 aromatic heterocycles. The number of carbonyl (C=O) groups excluding carboxylic acids is 1. The van der Waals surface area contributed by atoms with E-state index in [-0.39, 0.29) is 48.5 Å². The van der Waals surface area contributed by atoms with Crippen LogP contribution >= 0.6 is 0 Å². The quantitative estimate of drug-likeness (QED) is 0.363. The molecule has 0 radical (unpaired) electrons. The number of fused-ring (bicyclic) bond motifs is 3. The molecule has 1 unspecified atom stereocenters. The fourth-order valence-corrected chi connectivity index (χ4v) is 7.71. The summed E-state index contributed by atoms with van der Waals surface area (Å²) in [5.74, 6) is -0.115. The first kappa shape index (κ1) is 32.4. The minimum absolute atomic E-state index is 0.00243. The van der Waals surface area contributed by atoms with Crippen molar-refractivity contribution < 1.29 is 19.0 Å². The lowest BCUT2D eigenvalue weighted by Crippen LogP contribution is -2.62. The zero-order valence-corrected chi connectivity index (χ0v) is 28.0. The molecule has 7 rings (SSSR count). The van der Waals surface area contributed by atoms with E-state index in [1.165, 1.54) is 16.8 Å². The molecule has 0 bridgehead atoms. The van der Waals surface area contributed by atoms with E-state index in [0.29, 0.717) is 24.7 Å². The van der Waals surface area contributed by atoms with Crippen LogP contribution < -0.4 is 15.9 Å². The first-order chi connectivity index (χ1) is 22.5. The first-order valence-electron chi connectivity index (χ1n) is 17.2. The lowest BCUT2D eigenvalue weighted by molar-refractivity contribution is -0.121. The van der Waals surface area contributed by atoms with Crippen LogP contribution in [0.1, 0.15) is 57.4 Å². The molecule has 3 fully saturated rings. The summed E-state index contributed by atoms with van der Waals surface area (Å²) in [6.45, 7) is 14.1. The molecule has 1 saturated carbocycles. The first-order valence-corrected chi connectivity index (χ1v) is 17.2. The van der Waals surface area contributed by atoms with Crippen molar-refractivity contribution >= 4 is 17.2 Å². The fourth-order valence-electron chi connectivity index (χ4n) is 7.71. The summed E-state index contributed by atoms with van der Waals surface area (Å²) in [6.07, 6.45) is 1.69. The molecule has 47 heavy (non-hydrogen) atoms. The van der Waals surface area contributed by atoms with Crippen LogP contribution in [-0.4, -0.2) is 112 Å². The number of amides is 1. The third-order valence-electron chi connectivity index (χ3n) is 10.5. The number of hydrogen-bond acceptors (Lipinski definition) is 8. The summed E-state index contributed by atoms with van der Waals surface area (Å²) in [6, 6.07) is 9.11. The molecule has 11 nitrogen and oxygen atoms in total. The zero-order chi connectivity index (χ0) is 33.0. The predicted molar refractivity (Wildman–Crippen MR) is 177 cm³/mol. The van der Waals surface area contributed by atoms with Gasteiger partial charge < -0.3 is 20.1 Å². The van der Waals surface area contributed by atoms with E-state index in [4.69, 9.17) is 9.84 Å². The molecule has 4 aliphatic rings. The number of pyridine rings is 1. The number of carbonyl (C=O) groups is 1. The van der Waals surface area contributed by atoms with Gasteiger partial charge in [0.15, 0.2) is 5.65 Å². The van der Waals surface area contributed by atoms with Gasteiger partial charge in [-0.25, -0.2) is 18.3 Å². The zero-order valence-electron chi connectivity index (χ0n) is 28.0. The van der Waals surface area contributed by atoms with Gasteiger partial charge in [-0.1, -0.05) is 26.0 Å². The molecule has 12 heteroatoms. The van der Waals surface area contributed by atoms with Gasteiger partial charge in [0.05, 0.1) is 43.8 Å². The molecule has 254 valence electrons. The van der Waals surface area contributed by atoms with Crippen molar-refractivity contribution in [3.63, 3.8) is 0 Å². The van der Waals surface area contributed by atoms with Crippen molar-refractivity contribution in [2.45, 2.75) is 83.1 Å². The topological polar surface area (TPSA) is 108 Å². The van der Waals surface area contributed by atoms with Crippen molar-refractivity contribution in [3.05, 3.63) is 63.5 Å². The molecule has 3 aromatic rings. The van der Waals surface area contributed by atoms with Crippen LogP contribution in [0.5, 0.6) is 0 Å². The van der Waals surface area contributed by atoms with Crippen LogP contribution in [0.15, 0.2) is 35.1 Å². The highest BCUT2D eigenvalue weighted by atomic mass is 19.1. The van der Waals surface area contributed by atoms with Gasteiger partial charge >= 0.3 is 5.69 Å². The Morgan fingerprint density at radius 2 is 1.96 bits per heavy atom. The lowest BCUT2D eigenvalue weighted by atomic mass is 9.90. The van der Waals surface area contributed by atoms with E-state index in [1.807, 2.05) is 11.0 Å². The molecule has 2 N–H and O–H groups in total. The maximum absolute atomic E-state index is 14.4. The number of aliphatic hydroxyl groups is 1. The maximum Gasteiger partial charge on any atom is 0.350 e. The van der Waals surface area contributed by atoms with E-state index >= 15 is 0 Å². The van der Waals surface area contributed by atoms with Gasteiger partial charge in [0.2, 0.25) is 5.91 Å². The van der Waals surface area contributed by atoms with Gasteiger partial charge in [0, 0.05) is 68.2 Å². The van der Waals surface area contributed by atoms with Crippen LogP contribution in [0, 0.1) is 11.7 Å². The third kappa shape index (κ3) is 6.50. The van der Waals surface area contributed by atoms with Gasteiger partial charge in [-0.15, -0.1) is 5.10 Å². The molecule has 3 aliphatic heterocycles. The Hall–Kier alpha value is -3.16. The number of hydrogen-bond donors (Lipinski definition) is 2. The minimum Gasteiger partial charge on any atom is -0.391 e. The molecule has 0 spiro atoms. The molecule has 1 aliphatic carbocycles. The Kier molecular flexibility index (Phi) is 8.75. The molecule has 1 amide bonds. The maximum atomic E-state index is 14.4. The molecular formula is C35H48FN7O4. The number of ether oxygens (including phenoxy) is 1. The normalized spacial score (nSPS) is 25.7. The van der Waals surface area contributed by atoms with Gasteiger partial charge in [-0.05, 0) is 56.4 Å². The number of benzene rings is 1. The van der Waals surface area contributed by atoms with Crippen molar-refractivity contribution in [2.24, 2.45) is 5.92 Å².